The van der Waals surface area contributed by atoms with Crippen molar-refractivity contribution in [1.82, 2.24) is 0 Å². The van der Waals surface area contributed by atoms with Crippen LogP contribution in [0.15, 0.2) is 12.1 Å². The lowest BCUT2D eigenvalue weighted by molar-refractivity contribution is -0.117. The first-order valence-corrected chi connectivity index (χ1v) is 6.22. The second-order valence-electron chi connectivity index (χ2n) is 5.01. The third kappa shape index (κ3) is 2.20. The number of carbonyl (C=O) groups excluding carboxylic acids is 1. The number of aryl methyl sites for hydroxylation is 1. The fourth-order valence-corrected chi connectivity index (χ4v) is 2.58. The molecule has 2 rings (SSSR count). The predicted octanol–water partition coefficient (Wildman–Crippen LogP) is 2.33. The van der Waals surface area contributed by atoms with E-state index in [9.17, 15) is 4.79 Å². The molecule has 1 aliphatic rings. The maximum Gasteiger partial charge on any atom is 0.232 e. The first-order valence-electron chi connectivity index (χ1n) is 6.22. The van der Waals surface area contributed by atoms with Gasteiger partial charge < -0.3 is 11.1 Å². The van der Waals surface area contributed by atoms with E-state index in [0.717, 1.165) is 29.7 Å². The molecule has 2 atom stereocenters. The van der Waals surface area contributed by atoms with Crippen LogP contribution >= 0.6 is 0 Å². The van der Waals surface area contributed by atoms with E-state index in [0.29, 0.717) is 0 Å². The van der Waals surface area contributed by atoms with Crippen molar-refractivity contribution in [3.8, 4) is 0 Å². The summed E-state index contributed by atoms with van der Waals surface area (Å²) in [6, 6.07) is 4.41. The minimum absolute atomic E-state index is 0.0109. The fraction of sp³-hybridized carbons (Fsp3) is 0.500. The molecule has 3 nitrogen and oxygen atoms in total. The number of nitrogens with one attached hydrogen (secondary N) is 1. The number of anilines is 1. The molecule has 0 bridgehead atoms. The van der Waals surface area contributed by atoms with E-state index < -0.39 is 0 Å². The van der Waals surface area contributed by atoms with Crippen LogP contribution in [-0.2, 0) is 11.2 Å². The van der Waals surface area contributed by atoms with Gasteiger partial charge >= 0.3 is 0 Å². The topological polar surface area (TPSA) is 55.1 Å². The van der Waals surface area contributed by atoms with Gasteiger partial charge in [0.05, 0.1) is 5.92 Å². The molecule has 3 N–H and O–H groups in total. The van der Waals surface area contributed by atoms with Crippen molar-refractivity contribution in [2.45, 2.75) is 45.6 Å². The molecule has 0 saturated carbocycles. The van der Waals surface area contributed by atoms with Crippen LogP contribution in [0.2, 0.25) is 0 Å². The summed E-state index contributed by atoms with van der Waals surface area (Å²) in [7, 11) is 0. The Morgan fingerprint density at radius 2 is 2.18 bits per heavy atom. The van der Waals surface area contributed by atoms with Gasteiger partial charge in [-0.1, -0.05) is 19.1 Å². The highest BCUT2D eigenvalue weighted by atomic mass is 16.2. The zero-order valence-electron chi connectivity index (χ0n) is 10.7. The number of amides is 1. The number of fused-ring (bicyclic) bond motifs is 1. The summed E-state index contributed by atoms with van der Waals surface area (Å²) in [5.41, 5.74) is 10.4. The van der Waals surface area contributed by atoms with E-state index in [2.05, 4.69) is 17.4 Å². The maximum absolute atomic E-state index is 11.8. The summed E-state index contributed by atoms with van der Waals surface area (Å²) in [5.74, 6) is 0.139. The molecule has 2 unspecified atom stereocenters. The van der Waals surface area contributed by atoms with Crippen molar-refractivity contribution in [1.29, 1.82) is 0 Å². The summed E-state index contributed by atoms with van der Waals surface area (Å²) in [4.78, 5) is 11.8. The van der Waals surface area contributed by atoms with Gasteiger partial charge in [0.15, 0.2) is 0 Å². The minimum atomic E-state index is 0.0109. The Morgan fingerprint density at radius 1 is 1.47 bits per heavy atom. The summed E-state index contributed by atoms with van der Waals surface area (Å²) in [5, 5.41) is 2.98. The first-order chi connectivity index (χ1) is 8.02. The van der Waals surface area contributed by atoms with Gasteiger partial charge in [-0.05, 0) is 43.4 Å². The highest BCUT2D eigenvalue weighted by Crippen LogP contribution is 2.37. The molecule has 0 saturated heterocycles. The van der Waals surface area contributed by atoms with Crippen LogP contribution in [0.25, 0.3) is 0 Å². The molecule has 1 heterocycles. The van der Waals surface area contributed by atoms with Crippen LogP contribution in [0.5, 0.6) is 0 Å². The highest BCUT2D eigenvalue weighted by Gasteiger charge is 2.30. The number of nitrogens with two attached hydrogens (primary N) is 1. The molecule has 0 radical (unpaired) electrons. The monoisotopic (exact) mass is 232 g/mol. The summed E-state index contributed by atoms with van der Waals surface area (Å²) in [6.07, 6.45) is 1.71. The molecule has 0 spiro atoms. The zero-order chi connectivity index (χ0) is 12.6. The second kappa shape index (κ2) is 4.49. The van der Waals surface area contributed by atoms with Crippen LogP contribution < -0.4 is 11.1 Å². The molecule has 1 aromatic rings. The van der Waals surface area contributed by atoms with E-state index >= 15 is 0 Å². The quantitative estimate of drug-likeness (QED) is 0.840. The molecule has 1 aromatic carbocycles. The number of carbonyl (C=O) groups is 1. The largest absolute Gasteiger partial charge is 0.328 e. The van der Waals surface area contributed by atoms with E-state index in [1.54, 1.807) is 0 Å². The van der Waals surface area contributed by atoms with Gasteiger partial charge in [-0.15, -0.1) is 0 Å². The Kier molecular flexibility index (Phi) is 3.20. The van der Waals surface area contributed by atoms with Crippen molar-refractivity contribution >= 4 is 11.6 Å². The third-order valence-electron chi connectivity index (χ3n) is 3.33. The number of hydrogen-bond donors (Lipinski definition) is 2. The fourth-order valence-electron chi connectivity index (χ4n) is 2.58. The van der Waals surface area contributed by atoms with Crippen molar-refractivity contribution in [2.75, 3.05) is 5.32 Å². The molecule has 1 aliphatic heterocycles. The van der Waals surface area contributed by atoms with Crippen LogP contribution in [-0.4, -0.2) is 11.9 Å². The van der Waals surface area contributed by atoms with E-state index in [4.69, 9.17) is 5.73 Å². The summed E-state index contributed by atoms with van der Waals surface area (Å²) >= 11 is 0. The Bertz CT molecular complexity index is 452. The maximum atomic E-state index is 11.8. The molecule has 0 aromatic heterocycles. The van der Waals surface area contributed by atoms with Crippen molar-refractivity contribution in [3.05, 3.63) is 28.8 Å². The normalized spacial score (nSPS) is 20.0. The molecule has 3 heteroatoms. The van der Waals surface area contributed by atoms with Crippen molar-refractivity contribution in [2.24, 2.45) is 5.73 Å². The van der Waals surface area contributed by atoms with Crippen LogP contribution in [0.3, 0.4) is 0 Å². The first kappa shape index (κ1) is 12.1. The second-order valence-corrected chi connectivity index (χ2v) is 5.01. The van der Waals surface area contributed by atoms with Gasteiger partial charge in [0.2, 0.25) is 5.91 Å². The molecule has 92 valence electrons. The average molecular weight is 232 g/mol. The highest BCUT2D eigenvalue weighted by molar-refractivity contribution is 6.03. The SMILES string of the molecule is CCC1C(=O)Nc2c(C)cc(CC(C)N)cc21. The van der Waals surface area contributed by atoms with E-state index in [1.807, 2.05) is 20.8 Å². The third-order valence-corrected chi connectivity index (χ3v) is 3.33. The Balaban J connectivity index is 2.43. The van der Waals surface area contributed by atoms with Gasteiger partial charge in [0, 0.05) is 11.7 Å². The lowest BCUT2D eigenvalue weighted by Gasteiger charge is -2.12. The zero-order valence-corrected chi connectivity index (χ0v) is 10.7. The average Bonchev–Trinajstić information content (AvgIpc) is 2.53. The van der Waals surface area contributed by atoms with Gasteiger partial charge in [-0.25, -0.2) is 0 Å². The van der Waals surface area contributed by atoms with Crippen LogP contribution in [0.1, 0.15) is 42.9 Å². The Labute approximate surface area is 102 Å². The summed E-state index contributed by atoms with van der Waals surface area (Å²) in [6.45, 7) is 6.10. The molecular formula is C14H20N2O. The standard InChI is InChI=1S/C14H20N2O/c1-4-11-12-7-10(6-9(3)15)5-8(2)13(12)16-14(11)17/h5,7,9,11H,4,6,15H2,1-3H3,(H,16,17). The molecule has 1 amide bonds. The van der Waals surface area contributed by atoms with Crippen LogP contribution in [0.4, 0.5) is 5.69 Å². The van der Waals surface area contributed by atoms with Crippen molar-refractivity contribution in [3.63, 3.8) is 0 Å². The predicted molar refractivity (Wildman–Crippen MR) is 70.2 cm³/mol. The number of rotatable bonds is 3. The molecule has 17 heavy (non-hydrogen) atoms. The van der Waals surface area contributed by atoms with Gasteiger partial charge in [-0.3, -0.25) is 4.79 Å². The van der Waals surface area contributed by atoms with Crippen LogP contribution in [0, 0.1) is 6.92 Å². The number of benzene rings is 1. The molecular weight excluding hydrogens is 212 g/mol. The lowest BCUT2D eigenvalue weighted by atomic mass is 9.93. The van der Waals surface area contributed by atoms with E-state index in [-0.39, 0.29) is 17.9 Å². The Hall–Kier alpha value is -1.35. The number of hydrogen-bond acceptors (Lipinski definition) is 2. The van der Waals surface area contributed by atoms with E-state index in [1.165, 1.54) is 5.56 Å². The Morgan fingerprint density at radius 3 is 2.76 bits per heavy atom. The summed E-state index contributed by atoms with van der Waals surface area (Å²) < 4.78 is 0. The minimum Gasteiger partial charge on any atom is -0.328 e. The lowest BCUT2D eigenvalue weighted by Crippen LogP contribution is -2.18. The van der Waals surface area contributed by atoms with Gasteiger partial charge in [0.1, 0.15) is 0 Å². The molecule has 0 fully saturated rings. The molecule has 0 aliphatic carbocycles. The van der Waals surface area contributed by atoms with Crippen molar-refractivity contribution < 1.29 is 4.79 Å². The van der Waals surface area contributed by atoms with Gasteiger partial charge in [-0.2, -0.15) is 0 Å². The smallest absolute Gasteiger partial charge is 0.232 e. The van der Waals surface area contributed by atoms with Gasteiger partial charge in [0.25, 0.3) is 0 Å².